The summed E-state index contributed by atoms with van der Waals surface area (Å²) in [5, 5.41) is 0. The van der Waals surface area contributed by atoms with E-state index >= 15 is 0 Å². The Hall–Kier alpha value is -1.92. The topological polar surface area (TPSA) is 54.5 Å². The molecule has 0 saturated heterocycles. The smallest absolute Gasteiger partial charge is 0.147 e. The molecule has 18 heavy (non-hydrogen) atoms. The number of thiophene rings is 1. The van der Waals surface area contributed by atoms with Gasteiger partial charge in [0.05, 0.1) is 27.6 Å². The molecule has 0 spiro atoms. The van der Waals surface area contributed by atoms with Gasteiger partial charge in [-0.2, -0.15) is 0 Å². The van der Waals surface area contributed by atoms with E-state index in [4.69, 9.17) is 12.2 Å². The highest BCUT2D eigenvalue weighted by Gasteiger charge is 2.10. The largest absolute Gasteiger partial charge is 0.343 e. The number of aromatic nitrogens is 4. The highest BCUT2D eigenvalue weighted by Crippen LogP contribution is 2.31. The van der Waals surface area contributed by atoms with Gasteiger partial charge in [0.15, 0.2) is 0 Å². The van der Waals surface area contributed by atoms with Gasteiger partial charge in [0.2, 0.25) is 0 Å². The summed E-state index contributed by atoms with van der Waals surface area (Å²) in [5.41, 5.74) is 3.58. The van der Waals surface area contributed by atoms with Crippen molar-refractivity contribution in [3.05, 3.63) is 35.2 Å². The van der Waals surface area contributed by atoms with E-state index in [1.807, 2.05) is 24.3 Å². The monoisotopic (exact) mass is 270 g/mol. The second-order valence-electron chi connectivity index (χ2n) is 3.88. The van der Waals surface area contributed by atoms with Crippen molar-refractivity contribution in [3.63, 3.8) is 0 Å². The van der Waals surface area contributed by atoms with Crippen molar-refractivity contribution in [1.82, 2.24) is 19.9 Å². The molecular formula is C12H6N4S2. The Morgan fingerprint density at radius 1 is 1.11 bits per heavy atom. The van der Waals surface area contributed by atoms with Gasteiger partial charge in [-0.15, -0.1) is 11.3 Å². The van der Waals surface area contributed by atoms with Crippen molar-refractivity contribution < 1.29 is 0 Å². The average molecular weight is 270 g/mol. The number of fused-ring (bicyclic) bond motifs is 4. The molecule has 1 aromatic carbocycles. The van der Waals surface area contributed by atoms with Crippen LogP contribution in [0.25, 0.3) is 31.6 Å². The van der Waals surface area contributed by atoms with E-state index in [9.17, 15) is 0 Å². The predicted octanol–water partition coefficient (Wildman–Crippen LogP) is 3.45. The lowest BCUT2D eigenvalue weighted by Crippen LogP contribution is -1.84. The van der Waals surface area contributed by atoms with Crippen molar-refractivity contribution >= 4 is 55.2 Å². The number of nitrogens with zero attached hydrogens (tertiary/aromatic N) is 3. The van der Waals surface area contributed by atoms with Gasteiger partial charge in [0, 0.05) is 0 Å². The van der Waals surface area contributed by atoms with Crippen LogP contribution in [0.15, 0.2) is 30.6 Å². The molecule has 0 bridgehead atoms. The molecule has 0 aliphatic carbocycles. The van der Waals surface area contributed by atoms with Crippen LogP contribution in [0.1, 0.15) is 0 Å². The van der Waals surface area contributed by atoms with Crippen LogP contribution in [0.4, 0.5) is 0 Å². The van der Waals surface area contributed by atoms with Crippen LogP contribution in [0, 0.1) is 4.64 Å². The van der Waals surface area contributed by atoms with Gasteiger partial charge in [-0.05, 0) is 12.1 Å². The van der Waals surface area contributed by atoms with E-state index in [1.165, 1.54) is 11.3 Å². The summed E-state index contributed by atoms with van der Waals surface area (Å²) < 4.78 is 1.54. The first-order valence-electron chi connectivity index (χ1n) is 5.35. The summed E-state index contributed by atoms with van der Waals surface area (Å²) >= 11 is 6.76. The summed E-state index contributed by atoms with van der Waals surface area (Å²) in [6.07, 6.45) is 1.60. The molecule has 0 radical (unpaired) electrons. The highest BCUT2D eigenvalue weighted by atomic mass is 32.1. The van der Waals surface area contributed by atoms with Crippen LogP contribution in [-0.4, -0.2) is 19.9 Å². The first kappa shape index (κ1) is 10.0. The fourth-order valence-electron chi connectivity index (χ4n) is 1.97. The zero-order valence-corrected chi connectivity index (χ0v) is 10.7. The molecule has 0 aliphatic rings. The van der Waals surface area contributed by atoms with Crippen molar-refractivity contribution in [1.29, 1.82) is 0 Å². The molecule has 3 heterocycles. The first-order valence-corrected chi connectivity index (χ1v) is 6.58. The third-order valence-corrected chi connectivity index (χ3v) is 4.30. The fraction of sp³-hybridized carbons (Fsp3) is 0. The standard InChI is InChI=1S/C12H6N4S2/c17-11-10-8(13-5-14-11)9-12(18-10)16-7-4-2-1-3-6(7)15-9/h1-5H,(H,13,14,17). The van der Waals surface area contributed by atoms with E-state index in [2.05, 4.69) is 19.9 Å². The average Bonchev–Trinajstić information content (AvgIpc) is 2.76. The molecule has 86 valence electrons. The van der Waals surface area contributed by atoms with Crippen molar-refractivity contribution in [2.24, 2.45) is 0 Å². The SMILES string of the molecule is S=c1nc[nH]c2c1sc1nc3ccccc3nc12. The van der Waals surface area contributed by atoms with Crippen LogP contribution in [0.5, 0.6) is 0 Å². The number of H-pyrrole nitrogens is 1. The molecule has 0 saturated carbocycles. The molecule has 4 aromatic rings. The molecule has 0 fully saturated rings. The minimum absolute atomic E-state index is 0.595. The summed E-state index contributed by atoms with van der Waals surface area (Å²) in [5.74, 6) is 0. The summed E-state index contributed by atoms with van der Waals surface area (Å²) in [4.78, 5) is 17.4. The number of hydrogen-bond donors (Lipinski definition) is 1. The number of para-hydroxylation sites is 2. The number of aromatic amines is 1. The molecule has 0 amide bonds. The minimum atomic E-state index is 0.595. The minimum Gasteiger partial charge on any atom is -0.343 e. The van der Waals surface area contributed by atoms with E-state index in [-0.39, 0.29) is 0 Å². The quantitative estimate of drug-likeness (QED) is 0.497. The van der Waals surface area contributed by atoms with Crippen LogP contribution in [-0.2, 0) is 0 Å². The zero-order valence-electron chi connectivity index (χ0n) is 9.04. The lowest BCUT2D eigenvalue weighted by Gasteiger charge is -1.95. The molecule has 0 unspecified atom stereocenters. The maximum Gasteiger partial charge on any atom is 0.147 e. The molecule has 1 N–H and O–H groups in total. The maximum atomic E-state index is 5.23. The van der Waals surface area contributed by atoms with Crippen LogP contribution < -0.4 is 0 Å². The Balaban J connectivity index is 2.31. The second kappa shape index (κ2) is 3.54. The van der Waals surface area contributed by atoms with E-state index in [0.717, 1.165) is 31.6 Å². The Bertz CT molecular complexity index is 954. The number of rotatable bonds is 0. The van der Waals surface area contributed by atoms with Gasteiger partial charge < -0.3 is 4.98 Å². The second-order valence-corrected chi connectivity index (χ2v) is 5.27. The third kappa shape index (κ3) is 1.30. The Kier molecular flexibility index (Phi) is 1.97. The Labute approximate surface area is 110 Å². The van der Waals surface area contributed by atoms with Gasteiger partial charge in [0.1, 0.15) is 15.0 Å². The van der Waals surface area contributed by atoms with E-state index in [1.54, 1.807) is 6.33 Å². The Morgan fingerprint density at radius 3 is 2.72 bits per heavy atom. The van der Waals surface area contributed by atoms with E-state index < -0.39 is 0 Å². The lowest BCUT2D eigenvalue weighted by molar-refractivity contribution is 1.21. The van der Waals surface area contributed by atoms with Crippen LogP contribution in [0.2, 0.25) is 0 Å². The number of hydrogen-bond acceptors (Lipinski definition) is 5. The van der Waals surface area contributed by atoms with Crippen LogP contribution >= 0.6 is 23.6 Å². The maximum absolute atomic E-state index is 5.23. The molecule has 0 aliphatic heterocycles. The van der Waals surface area contributed by atoms with E-state index in [0.29, 0.717) is 4.64 Å². The number of nitrogens with one attached hydrogen (secondary N) is 1. The normalized spacial score (nSPS) is 11.6. The third-order valence-electron chi connectivity index (χ3n) is 2.79. The predicted molar refractivity (Wildman–Crippen MR) is 75.4 cm³/mol. The van der Waals surface area contributed by atoms with Crippen molar-refractivity contribution in [2.45, 2.75) is 0 Å². The van der Waals surface area contributed by atoms with Gasteiger partial charge in [-0.1, -0.05) is 24.4 Å². The molecule has 4 rings (SSSR count). The van der Waals surface area contributed by atoms with Crippen molar-refractivity contribution in [2.75, 3.05) is 0 Å². The van der Waals surface area contributed by atoms with Gasteiger partial charge in [-0.25, -0.2) is 15.0 Å². The highest BCUT2D eigenvalue weighted by molar-refractivity contribution is 7.71. The summed E-state index contributed by atoms with van der Waals surface area (Å²) in [6, 6.07) is 7.84. The summed E-state index contributed by atoms with van der Waals surface area (Å²) in [6.45, 7) is 0. The van der Waals surface area contributed by atoms with Gasteiger partial charge >= 0.3 is 0 Å². The Morgan fingerprint density at radius 2 is 1.89 bits per heavy atom. The molecule has 3 aromatic heterocycles. The summed E-state index contributed by atoms with van der Waals surface area (Å²) in [7, 11) is 0. The fourth-order valence-corrected chi connectivity index (χ4v) is 3.23. The first-order chi connectivity index (χ1) is 8.83. The molecule has 4 nitrogen and oxygen atoms in total. The molecule has 6 heteroatoms. The van der Waals surface area contributed by atoms with Gasteiger partial charge in [-0.3, -0.25) is 0 Å². The zero-order chi connectivity index (χ0) is 12.1. The number of benzene rings is 1. The van der Waals surface area contributed by atoms with Crippen LogP contribution in [0.3, 0.4) is 0 Å². The lowest BCUT2D eigenvalue weighted by atomic mass is 10.3. The molecule has 0 atom stereocenters. The van der Waals surface area contributed by atoms with Gasteiger partial charge in [0.25, 0.3) is 0 Å². The van der Waals surface area contributed by atoms with Crippen molar-refractivity contribution in [3.8, 4) is 0 Å². The molecular weight excluding hydrogens is 264 g/mol.